The van der Waals surface area contributed by atoms with Gasteiger partial charge in [0.15, 0.2) is 0 Å². The molecule has 0 heterocycles. The lowest BCUT2D eigenvalue weighted by atomic mass is 10.3. The van der Waals surface area contributed by atoms with Gasteiger partial charge in [-0.05, 0) is 37.6 Å². The predicted molar refractivity (Wildman–Crippen MR) is 76.9 cm³/mol. The molecule has 19 heavy (non-hydrogen) atoms. The molecule has 0 fully saturated rings. The fourth-order valence-electron chi connectivity index (χ4n) is 1.52. The molecule has 1 aromatic carbocycles. The SMILES string of the molecule is CCCCOc1ccc(OCCNCC(C)O)cc1. The second-order valence-corrected chi connectivity index (χ2v) is 4.58. The van der Waals surface area contributed by atoms with E-state index in [9.17, 15) is 0 Å². The summed E-state index contributed by atoms with van der Waals surface area (Å²) < 4.78 is 11.1. The average molecular weight is 267 g/mol. The van der Waals surface area contributed by atoms with Crippen LogP contribution in [0.3, 0.4) is 0 Å². The Hall–Kier alpha value is -1.26. The van der Waals surface area contributed by atoms with Gasteiger partial charge in [0.1, 0.15) is 18.1 Å². The van der Waals surface area contributed by atoms with Gasteiger partial charge >= 0.3 is 0 Å². The molecule has 2 N–H and O–H groups in total. The van der Waals surface area contributed by atoms with E-state index < -0.39 is 0 Å². The van der Waals surface area contributed by atoms with Gasteiger partial charge < -0.3 is 19.9 Å². The van der Waals surface area contributed by atoms with Gasteiger partial charge in [-0.3, -0.25) is 0 Å². The van der Waals surface area contributed by atoms with Crippen LogP contribution in [-0.2, 0) is 0 Å². The summed E-state index contributed by atoms with van der Waals surface area (Å²) in [5.41, 5.74) is 0. The van der Waals surface area contributed by atoms with E-state index in [1.54, 1.807) is 6.92 Å². The summed E-state index contributed by atoms with van der Waals surface area (Å²) in [5, 5.41) is 12.2. The van der Waals surface area contributed by atoms with Crippen molar-refractivity contribution in [1.82, 2.24) is 5.32 Å². The molecular weight excluding hydrogens is 242 g/mol. The normalized spacial score (nSPS) is 12.2. The molecule has 1 atom stereocenters. The number of hydrogen-bond acceptors (Lipinski definition) is 4. The average Bonchev–Trinajstić information content (AvgIpc) is 2.40. The zero-order valence-corrected chi connectivity index (χ0v) is 11.9. The highest BCUT2D eigenvalue weighted by Gasteiger charge is 1.97. The van der Waals surface area contributed by atoms with Crippen molar-refractivity contribution < 1.29 is 14.6 Å². The first-order valence-corrected chi connectivity index (χ1v) is 6.96. The smallest absolute Gasteiger partial charge is 0.119 e. The number of unbranched alkanes of at least 4 members (excludes halogenated alkanes) is 1. The molecule has 1 aromatic rings. The Bertz CT molecular complexity index is 325. The second kappa shape index (κ2) is 9.64. The lowest BCUT2D eigenvalue weighted by Crippen LogP contribution is -2.28. The summed E-state index contributed by atoms with van der Waals surface area (Å²) in [6.07, 6.45) is 1.90. The van der Waals surface area contributed by atoms with E-state index in [4.69, 9.17) is 14.6 Å². The van der Waals surface area contributed by atoms with Gasteiger partial charge in [0, 0.05) is 13.1 Å². The Kier molecular flexibility index (Phi) is 8.02. The van der Waals surface area contributed by atoms with Crippen molar-refractivity contribution in [3.63, 3.8) is 0 Å². The molecule has 0 aliphatic heterocycles. The van der Waals surface area contributed by atoms with Gasteiger partial charge in [-0.15, -0.1) is 0 Å². The molecule has 1 unspecified atom stereocenters. The molecule has 0 saturated carbocycles. The first-order valence-electron chi connectivity index (χ1n) is 6.96. The summed E-state index contributed by atoms with van der Waals surface area (Å²) in [7, 11) is 0. The largest absolute Gasteiger partial charge is 0.494 e. The van der Waals surface area contributed by atoms with E-state index in [-0.39, 0.29) is 6.10 Å². The third kappa shape index (κ3) is 7.70. The molecule has 0 saturated heterocycles. The Morgan fingerprint density at radius 3 is 2.21 bits per heavy atom. The maximum Gasteiger partial charge on any atom is 0.119 e. The molecule has 4 nitrogen and oxygen atoms in total. The Labute approximate surface area is 115 Å². The van der Waals surface area contributed by atoms with Crippen molar-refractivity contribution in [2.75, 3.05) is 26.3 Å². The molecule has 0 amide bonds. The maximum absolute atomic E-state index is 9.07. The zero-order chi connectivity index (χ0) is 13.9. The fraction of sp³-hybridized carbons (Fsp3) is 0.600. The van der Waals surface area contributed by atoms with Crippen LogP contribution < -0.4 is 14.8 Å². The van der Waals surface area contributed by atoms with Crippen LogP contribution in [0.25, 0.3) is 0 Å². The highest BCUT2D eigenvalue weighted by atomic mass is 16.5. The van der Waals surface area contributed by atoms with Crippen molar-refractivity contribution in [3.05, 3.63) is 24.3 Å². The van der Waals surface area contributed by atoms with Crippen molar-refractivity contribution >= 4 is 0 Å². The molecule has 1 rings (SSSR count). The minimum Gasteiger partial charge on any atom is -0.494 e. The first-order chi connectivity index (χ1) is 9.22. The third-order valence-electron chi connectivity index (χ3n) is 2.58. The molecule has 0 aromatic heterocycles. The Balaban J connectivity index is 2.17. The van der Waals surface area contributed by atoms with Crippen LogP contribution >= 0.6 is 0 Å². The Morgan fingerprint density at radius 1 is 1.11 bits per heavy atom. The third-order valence-corrected chi connectivity index (χ3v) is 2.58. The topological polar surface area (TPSA) is 50.7 Å². The zero-order valence-electron chi connectivity index (χ0n) is 11.9. The Morgan fingerprint density at radius 2 is 1.68 bits per heavy atom. The number of hydrogen-bond donors (Lipinski definition) is 2. The molecule has 0 bridgehead atoms. The van der Waals surface area contributed by atoms with Crippen LogP contribution in [0.5, 0.6) is 11.5 Å². The van der Waals surface area contributed by atoms with Gasteiger partial charge in [0.2, 0.25) is 0 Å². The van der Waals surface area contributed by atoms with E-state index in [2.05, 4.69) is 12.2 Å². The van der Waals surface area contributed by atoms with E-state index in [1.165, 1.54) is 0 Å². The highest BCUT2D eigenvalue weighted by Crippen LogP contribution is 2.17. The number of ether oxygens (including phenoxy) is 2. The molecule has 0 aliphatic rings. The molecule has 0 radical (unpaired) electrons. The molecule has 4 heteroatoms. The fourth-order valence-corrected chi connectivity index (χ4v) is 1.52. The summed E-state index contributed by atoms with van der Waals surface area (Å²) in [6.45, 7) is 6.56. The van der Waals surface area contributed by atoms with E-state index in [0.29, 0.717) is 13.2 Å². The van der Waals surface area contributed by atoms with Crippen molar-refractivity contribution in [1.29, 1.82) is 0 Å². The minimum absolute atomic E-state index is 0.320. The van der Waals surface area contributed by atoms with Crippen LogP contribution in [0.15, 0.2) is 24.3 Å². The van der Waals surface area contributed by atoms with Crippen molar-refractivity contribution in [2.24, 2.45) is 0 Å². The second-order valence-electron chi connectivity index (χ2n) is 4.58. The van der Waals surface area contributed by atoms with Crippen LogP contribution in [0.4, 0.5) is 0 Å². The van der Waals surface area contributed by atoms with E-state index in [1.807, 2.05) is 24.3 Å². The monoisotopic (exact) mass is 267 g/mol. The summed E-state index contributed by atoms with van der Waals surface area (Å²) in [6, 6.07) is 7.67. The van der Waals surface area contributed by atoms with Gasteiger partial charge in [-0.25, -0.2) is 0 Å². The standard InChI is InChI=1S/C15H25NO3/c1-3-4-10-18-14-5-7-15(8-6-14)19-11-9-16-12-13(2)17/h5-8,13,16-17H,3-4,9-12H2,1-2H3. The maximum atomic E-state index is 9.07. The van der Waals surface area contributed by atoms with Gasteiger partial charge in [0.05, 0.1) is 12.7 Å². The first kappa shape index (κ1) is 15.8. The van der Waals surface area contributed by atoms with Crippen LogP contribution in [0.2, 0.25) is 0 Å². The highest BCUT2D eigenvalue weighted by molar-refractivity contribution is 5.31. The van der Waals surface area contributed by atoms with Gasteiger partial charge in [0.25, 0.3) is 0 Å². The van der Waals surface area contributed by atoms with Crippen LogP contribution in [-0.4, -0.2) is 37.5 Å². The lowest BCUT2D eigenvalue weighted by Gasteiger charge is -2.10. The number of aliphatic hydroxyl groups is 1. The van der Waals surface area contributed by atoms with Crippen LogP contribution in [0.1, 0.15) is 26.7 Å². The quantitative estimate of drug-likeness (QED) is 0.638. The summed E-state index contributed by atoms with van der Waals surface area (Å²) in [5.74, 6) is 1.72. The number of rotatable bonds is 10. The molecule has 108 valence electrons. The predicted octanol–water partition coefficient (Wildman–Crippen LogP) is 2.21. The molecule has 0 aliphatic carbocycles. The molecular formula is C15H25NO3. The van der Waals surface area contributed by atoms with Crippen molar-refractivity contribution in [3.8, 4) is 11.5 Å². The number of benzene rings is 1. The van der Waals surface area contributed by atoms with Gasteiger partial charge in [-0.2, -0.15) is 0 Å². The van der Waals surface area contributed by atoms with Crippen molar-refractivity contribution in [2.45, 2.75) is 32.8 Å². The van der Waals surface area contributed by atoms with Gasteiger partial charge in [-0.1, -0.05) is 13.3 Å². The van der Waals surface area contributed by atoms with E-state index >= 15 is 0 Å². The van der Waals surface area contributed by atoms with E-state index in [0.717, 1.165) is 37.5 Å². The van der Waals surface area contributed by atoms with Crippen LogP contribution in [0, 0.1) is 0 Å². The lowest BCUT2D eigenvalue weighted by molar-refractivity contribution is 0.188. The minimum atomic E-state index is -0.320. The molecule has 0 spiro atoms. The number of nitrogens with one attached hydrogen (secondary N) is 1. The summed E-state index contributed by atoms with van der Waals surface area (Å²) in [4.78, 5) is 0. The number of aliphatic hydroxyl groups excluding tert-OH is 1. The summed E-state index contributed by atoms with van der Waals surface area (Å²) >= 11 is 0.